The van der Waals surface area contributed by atoms with E-state index in [4.69, 9.17) is 0 Å². The second kappa shape index (κ2) is 6.42. The van der Waals surface area contributed by atoms with Gasteiger partial charge in [0.1, 0.15) is 5.78 Å². The first kappa shape index (κ1) is 19.3. The second-order valence-electron chi connectivity index (χ2n) is 7.39. The number of rotatable bonds is 0. The Kier molecular flexibility index (Phi) is 5.64. The Bertz CT molecular complexity index is 527. The van der Waals surface area contributed by atoms with Crippen LogP contribution in [0.1, 0.15) is 58.2 Å². The standard InChI is InChI=1S/C15H21BrO2.C3H6O/c1-8-6-9-10(7-11(8)16)15(4,5)13(18)12(17)14(9,2)3;1-3(2)4/h6-7,12-13,17-18H,1-5H3;1-2H3/t12-,13+;/m0./s1. The van der Waals surface area contributed by atoms with Crippen LogP contribution >= 0.6 is 15.9 Å². The third-order valence-electron chi connectivity index (χ3n) is 4.47. The minimum Gasteiger partial charge on any atom is -0.389 e. The molecule has 3 nitrogen and oxygen atoms in total. The zero-order valence-electron chi connectivity index (χ0n) is 14.5. The van der Waals surface area contributed by atoms with Gasteiger partial charge < -0.3 is 15.0 Å². The molecule has 0 spiro atoms. The maximum absolute atomic E-state index is 10.4. The predicted molar refractivity (Wildman–Crippen MR) is 93.3 cm³/mol. The van der Waals surface area contributed by atoms with Crippen molar-refractivity contribution in [2.75, 3.05) is 0 Å². The van der Waals surface area contributed by atoms with Crippen LogP contribution < -0.4 is 0 Å². The summed E-state index contributed by atoms with van der Waals surface area (Å²) in [6.45, 7) is 13.0. The Balaban J connectivity index is 0.000000541. The molecule has 0 radical (unpaired) electrons. The largest absolute Gasteiger partial charge is 0.389 e. The molecule has 0 aliphatic heterocycles. The molecule has 2 N–H and O–H groups in total. The highest BCUT2D eigenvalue weighted by atomic mass is 79.9. The molecule has 0 saturated carbocycles. The Morgan fingerprint density at radius 2 is 1.32 bits per heavy atom. The first-order valence-corrected chi connectivity index (χ1v) is 8.27. The average molecular weight is 371 g/mol. The van der Waals surface area contributed by atoms with Gasteiger partial charge in [-0.25, -0.2) is 0 Å². The van der Waals surface area contributed by atoms with Crippen molar-refractivity contribution < 1.29 is 15.0 Å². The van der Waals surface area contributed by atoms with Crippen LogP contribution in [-0.2, 0) is 15.6 Å². The molecular weight excluding hydrogens is 344 g/mol. The molecule has 0 bridgehead atoms. The molecule has 0 heterocycles. The van der Waals surface area contributed by atoms with Crippen molar-refractivity contribution in [2.24, 2.45) is 0 Å². The number of benzene rings is 1. The van der Waals surface area contributed by atoms with E-state index in [2.05, 4.69) is 28.1 Å². The Morgan fingerprint density at radius 1 is 1.00 bits per heavy atom. The van der Waals surface area contributed by atoms with E-state index in [0.29, 0.717) is 0 Å². The maximum atomic E-state index is 10.4. The molecule has 0 unspecified atom stereocenters. The lowest BCUT2D eigenvalue weighted by Gasteiger charge is -2.49. The average Bonchev–Trinajstić information content (AvgIpc) is 2.37. The first-order valence-electron chi connectivity index (χ1n) is 7.47. The number of ketones is 1. The summed E-state index contributed by atoms with van der Waals surface area (Å²) >= 11 is 3.55. The molecule has 4 heteroatoms. The number of carbonyl (C=O) groups excluding carboxylic acids is 1. The van der Waals surface area contributed by atoms with Crippen LogP contribution in [0, 0.1) is 6.92 Å². The third kappa shape index (κ3) is 3.44. The molecule has 1 aromatic rings. The number of fused-ring (bicyclic) bond motifs is 1. The summed E-state index contributed by atoms with van der Waals surface area (Å²) in [5, 5.41) is 20.8. The lowest BCUT2D eigenvalue weighted by Crippen LogP contribution is -2.56. The first-order chi connectivity index (χ1) is 9.83. The topological polar surface area (TPSA) is 57.5 Å². The van der Waals surface area contributed by atoms with Gasteiger partial charge in [-0.15, -0.1) is 0 Å². The Morgan fingerprint density at radius 3 is 1.68 bits per heavy atom. The van der Waals surface area contributed by atoms with Gasteiger partial charge in [0.25, 0.3) is 0 Å². The van der Waals surface area contributed by atoms with E-state index in [0.717, 1.165) is 21.2 Å². The van der Waals surface area contributed by atoms with Crippen LogP contribution in [0.5, 0.6) is 0 Å². The molecule has 0 aromatic heterocycles. The number of carbonyl (C=O) groups is 1. The molecule has 1 aliphatic rings. The van der Waals surface area contributed by atoms with Gasteiger partial charge in [0.15, 0.2) is 0 Å². The van der Waals surface area contributed by atoms with E-state index in [9.17, 15) is 15.0 Å². The summed E-state index contributed by atoms with van der Waals surface area (Å²) in [5.41, 5.74) is 2.52. The van der Waals surface area contributed by atoms with Crippen molar-refractivity contribution in [3.63, 3.8) is 0 Å². The van der Waals surface area contributed by atoms with Crippen LogP contribution in [0.3, 0.4) is 0 Å². The maximum Gasteiger partial charge on any atom is 0.126 e. The fourth-order valence-corrected chi connectivity index (χ4v) is 3.20. The lowest BCUT2D eigenvalue weighted by molar-refractivity contribution is -0.114. The highest BCUT2D eigenvalue weighted by Crippen LogP contribution is 2.47. The van der Waals surface area contributed by atoms with Gasteiger partial charge in [-0.2, -0.15) is 0 Å². The quantitative estimate of drug-likeness (QED) is 0.732. The number of halogens is 1. The summed E-state index contributed by atoms with van der Waals surface area (Å²) in [6, 6.07) is 4.21. The second-order valence-corrected chi connectivity index (χ2v) is 8.24. The Labute approximate surface area is 141 Å². The van der Waals surface area contributed by atoms with Crippen molar-refractivity contribution in [3.8, 4) is 0 Å². The van der Waals surface area contributed by atoms with Gasteiger partial charge in [-0.3, -0.25) is 0 Å². The van der Waals surface area contributed by atoms with Crippen LogP contribution in [0.4, 0.5) is 0 Å². The van der Waals surface area contributed by atoms with Gasteiger partial charge in [0.2, 0.25) is 0 Å². The molecule has 22 heavy (non-hydrogen) atoms. The zero-order chi connectivity index (χ0) is 17.5. The normalized spacial score (nSPS) is 24.8. The summed E-state index contributed by atoms with van der Waals surface area (Å²) < 4.78 is 1.05. The lowest BCUT2D eigenvalue weighted by atomic mass is 9.60. The Hall–Kier alpha value is -0.710. The number of aliphatic hydroxyl groups is 2. The minimum absolute atomic E-state index is 0.167. The van der Waals surface area contributed by atoms with Crippen LogP contribution in [0.2, 0.25) is 0 Å². The van der Waals surface area contributed by atoms with Gasteiger partial charge >= 0.3 is 0 Å². The molecular formula is C18H27BrO3. The molecule has 2 atom stereocenters. The molecule has 1 aromatic carbocycles. The highest BCUT2D eigenvalue weighted by molar-refractivity contribution is 9.10. The smallest absolute Gasteiger partial charge is 0.126 e. The van der Waals surface area contributed by atoms with Gasteiger partial charge in [0, 0.05) is 15.3 Å². The monoisotopic (exact) mass is 370 g/mol. The SMILES string of the molecule is CC(C)=O.Cc1cc2c(cc1Br)C(C)(C)[C@H](O)[C@H](O)C2(C)C. The summed E-state index contributed by atoms with van der Waals surface area (Å²) in [6.07, 6.45) is -1.50. The number of hydrogen-bond acceptors (Lipinski definition) is 3. The van der Waals surface area contributed by atoms with E-state index in [-0.39, 0.29) is 5.78 Å². The van der Waals surface area contributed by atoms with Crippen molar-refractivity contribution in [1.82, 2.24) is 0 Å². The molecule has 0 saturated heterocycles. The number of hydrogen-bond donors (Lipinski definition) is 2. The fraction of sp³-hybridized carbons (Fsp3) is 0.611. The fourth-order valence-electron chi connectivity index (χ4n) is 2.86. The van der Waals surface area contributed by atoms with Crippen LogP contribution in [-0.4, -0.2) is 28.2 Å². The number of aliphatic hydroxyl groups excluding tert-OH is 2. The zero-order valence-corrected chi connectivity index (χ0v) is 16.1. The van der Waals surface area contributed by atoms with Crippen molar-refractivity contribution in [2.45, 2.75) is 71.5 Å². The molecule has 0 amide bonds. The summed E-state index contributed by atoms with van der Waals surface area (Å²) in [5.74, 6) is 0.167. The third-order valence-corrected chi connectivity index (χ3v) is 5.32. The highest BCUT2D eigenvalue weighted by Gasteiger charge is 2.50. The van der Waals surface area contributed by atoms with Crippen LogP contribution in [0.25, 0.3) is 0 Å². The van der Waals surface area contributed by atoms with Crippen LogP contribution in [0.15, 0.2) is 16.6 Å². The summed E-state index contributed by atoms with van der Waals surface area (Å²) in [7, 11) is 0. The van der Waals surface area contributed by atoms with E-state index >= 15 is 0 Å². The molecule has 1 aliphatic carbocycles. The number of Topliss-reactive ketones (excluding diaryl/α,β-unsaturated/α-hetero) is 1. The van der Waals surface area contributed by atoms with Crippen molar-refractivity contribution >= 4 is 21.7 Å². The molecule has 2 rings (SSSR count). The van der Waals surface area contributed by atoms with Gasteiger partial charge in [-0.05, 0) is 43.5 Å². The van der Waals surface area contributed by atoms with E-state index in [1.165, 1.54) is 13.8 Å². The predicted octanol–water partition coefficient (Wildman–Crippen LogP) is 3.64. The summed E-state index contributed by atoms with van der Waals surface area (Å²) in [4.78, 5) is 9.44. The molecule has 0 fully saturated rings. The van der Waals surface area contributed by atoms with Gasteiger partial charge in [-0.1, -0.05) is 49.7 Å². The minimum atomic E-state index is -0.755. The van der Waals surface area contributed by atoms with Crippen molar-refractivity contribution in [1.29, 1.82) is 0 Å². The van der Waals surface area contributed by atoms with E-state index < -0.39 is 23.0 Å². The van der Waals surface area contributed by atoms with E-state index in [1.54, 1.807) is 0 Å². The van der Waals surface area contributed by atoms with E-state index in [1.807, 2.05) is 34.6 Å². The van der Waals surface area contributed by atoms with Gasteiger partial charge in [0.05, 0.1) is 12.2 Å². The van der Waals surface area contributed by atoms with Crippen molar-refractivity contribution in [3.05, 3.63) is 33.3 Å². The number of aryl methyl sites for hydroxylation is 1. The molecule has 124 valence electrons.